The first-order chi connectivity index (χ1) is 14.5. The minimum atomic E-state index is -0.559. The summed E-state index contributed by atoms with van der Waals surface area (Å²) in [5, 5.41) is 9.72. The molecule has 0 aromatic heterocycles. The first kappa shape index (κ1) is 19.7. The molecule has 1 saturated carbocycles. The number of nitrogens with zero attached hydrogens (tertiary/aromatic N) is 1. The number of benzene rings is 1. The van der Waals surface area contributed by atoms with Crippen LogP contribution in [0.3, 0.4) is 0 Å². The third-order valence-electron chi connectivity index (χ3n) is 7.47. The first-order valence-electron chi connectivity index (χ1n) is 11.3. The van der Waals surface area contributed by atoms with E-state index in [1.807, 2.05) is 12.1 Å². The minimum absolute atomic E-state index is 0.105. The lowest BCUT2D eigenvalue weighted by Gasteiger charge is -2.48. The Labute approximate surface area is 177 Å². The van der Waals surface area contributed by atoms with Crippen molar-refractivity contribution < 1.29 is 14.4 Å². The van der Waals surface area contributed by atoms with Crippen molar-refractivity contribution in [1.29, 1.82) is 0 Å². The van der Waals surface area contributed by atoms with E-state index in [1.54, 1.807) is 4.90 Å². The fourth-order valence-electron chi connectivity index (χ4n) is 5.65. The molecule has 1 spiro atoms. The van der Waals surface area contributed by atoms with Crippen LogP contribution < -0.4 is 16.0 Å². The number of rotatable bonds is 5. The summed E-state index contributed by atoms with van der Waals surface area (Å²) in [4.78, 5) is 38.3. The van der Waals surface area contributed by atoms with E-state index in [0.717, 1.165) is 30.8 Å². The lowest BCUT2D eigenvalue weighted by Crippen LogP contribution is -2.56. The molecule has 160 valence electrons. The van der Waals surface area contributed by atoms with Crippen molar-refractivity contribution in [2.45, 2.75) is 69.6 Å². The van der Waals surface area contributed by atoms with Gasteiger partial charge in [0.25, 0.3) is 5.91 Å². The van der Waals surface area contributed by atoms with E-state index in [4.69, 9.17) is 0 Å². The Balaban J connectivity index is 1.22. The Hall–Kier alpha value is -2.25. The van der Waals surface area contributed by atoms with Crippen molar-refractivity contribution in [3.05, 3.63) is 34.9 Å². The number of hydrogen-bond acceptors (Lipinski definition) is 5. The van der Waals surface area contributed by atoms with Gasteiger partial charge in [-0.1, -0.05) is 12.1 Å². The van der Waals surface area contributed by atoms with Gasteiger partial charge in [-0.25, -0.2) is 0 Å². The molecule has 2 unspecified atom stereocenters. The summed E-state index contributed by atoms with van der Waals surface area (Å²) < 4.78 is 0. The van der Waals surface area contributed by atoms with Gasteiger partial charge in [0, 0.05) is 30.6 Å². The molecule has 0 bridgehead atoms. The number of nitrogens with one attached hydrogen (secondary N) is 3. The molecule has 3 amide bonds. The molecular formula is C23H30N4O3. The van der Waals surface area contributed by atoms with E-state index < -0.39 is 6.04 Å². The van der Waals surface area contributed by atoms with Crippen molar-refractivity contribution >= 4 is 17.7 Å². The van der Waals surface area contributed by atoms with Gasteiger partial charge in [-0.05, 0) is 74.7 Å². The fourth-order valence-corrected chi connectivity index (χ4v) is 5.65. The molecule has 1 aromatic rings. The van der Waals surface area contributed by atoms with Crippen LogP contribution in [0.25, 0.3) is 0 Å². The van der Waals surface area contributed by atoms with Crippen LogP contribution in [0.5, 0.6) is 0 Å². The van der Waals surface area contributed by atoms with Crippen molar-refractivity contribution in [2.75, 3.05) is 13.1 Å². The molecule has 3 N–H and O–H groups in total. The first-order valence-corrected chi connectivity index (χ1v) is 11.3. The lowest BCUT2D eigenvalue weighted by atomic mass is 9.68. The Bertz CT molecular complexity index is 879. The standard InChI is InChI=1S/C23H30N4O3/c28-20-6-5-19(21(29)26-20)27-14-18-16(3-1-4-17(18)22(27)30)13-24-12-15-7-10-25-23(11-15)8-2-9-23/h1,3-4,15,19,24-25H,2,5-14H2,(H,26,28,29). The van der Waals surface area contributed by atoms with Gasteiger partial charge in [-0.2, -0.15) is 0 Å². The third-order valence-corrected chi connectivity index (χ3v) is 7.47. The maximum Gasteiger partial charge on any atom is 0.255 e. The molecule has 3 fully saturated rings. The minimum Gasteiger partial charge on any atom is -0.322 e. The van der Waals surface area contributed by atoms with Crippen LogP contribution in [0.1, 0.15) is 66.4 Å². The van der Waals surface area contributed by atoms with Crippen LogP contribution in [-0.4, -0.2) is 47.3 Å². The topological polar surface area (TPSA) is 90.5 Å². The third kappa shape index (κ3) is 3.54. The zero-order valence-electron chi connectivity index (χ0n) is 17.3. The Morgan fingerprint density at radius 1 is 1.17 bits per heavy atom. The van der Waals surface area contributed by atoms with E-state index in [-0.39, 0.29) is 24.1 Å². The highest BCUT2D eigenvalue weighted by molar-refractivity contribution is 6.05. The number of piperidine rings is 2. The molecule has 30 heavy (non-hydrogen) atoms. The molecular weight excluding hydrogens is 380 g/mol. The molecule has 1 aromatic carbocycles. The Morgan fingerprint density at radius 3 is 2.80 bits per heavy atom. The number of carbonyl (C=O) groups excluding carboxylic acids is 3. The van der Waals surface area contributed by atoms with Gasteiger partial charge < -0.3 is 15.5 Å². The summed E-state index contributed by atoms with van der Waals surface area (Å²) in [6.07, 6.45) is 7.12. The number of carbonyl (C=O) groups is 3. The van der Waals surface area contributed by atoms with Crippen LogP contribution >= 0.6 is 0 Å². The zero-order chi connectivity index (χ0) is 20.7. The normalized spacial score (nSPS) is 27.7. The zero-order valence-corrected chi connectivity index (χ0v) is 17.3. The van der Waals surface area contributed by atoms with Crippen LogP contribution in [0.2, 0.25) is 0 Å². The maximum absolute atomic E-state index is 12.9. The average Bonchev–Trinajstić information content (AvgIpc) is 3.04. The smallest absolute Gasteiger partial charge is 0.255 e. The largest absolute Gasteiger partial charge is 0.322 e. The highest BCUT2D eigenvalue weighted by Crippen LogP contribution is 2.40. The number of fused-ring (bicyclic) bond motifs is 1. The molecule has 4 aliphatic rings. The van der Waals surface area contributed by atoms with Crippen molar-refractivity contribution in [3.8, 4) is 0 Å². The van der Waals surface area contributed by atoms with Crippen LogP contribution in [0, 0.1) is 5.92 Å². The molecule has 7 nitrogen and oxygen atoms in total. The molecule has 3 heterocycles. The summed E-state index contributed by atoms with van der Waals surface area (Å²) in [7, 11) is 0. The van der Waals surface area contributed by atoms with Gasteiger partial charge in [-0.15, -0.1) is 0 Å². The molecule has 0 radical (unpaired) electrons. The van der Waals surface area contributed by atoms with Crippen molar-refractivity contribution in [3.63, 3.8) is 0 Å². The monoisotopic (exact) mass is 410 g/mol. The molecule has 2 saturated heterocycles. The number of amides is 3. The fraction of sp³-hybridized carbons (Fsp3) is 0.609. The van der Waals surface area contributed by atoms with Gasteiger partial charge >= 0.3 is 0 Å². The van der Waals surface area contributed by atoms with E-state index >= 15 is 0 Å². The van der Waals surface area contributed by atoms with Gasteiger partial charge in [0.1, 0.15) is 6.04 Å². The summed E-state index contributed by atoms with van der Waals surface area (Å²) in [6, 6.07) is 5.29. The maximum atomic E-state index is 12.9. The lowest BCUT2D eigenvalue weighted by molar-refractivity contribution is -0.136. The molecule has 5 rings (SSSR count). The second-order valence-electron chi connectivity index (χ2n) is 9.39. The second-order valence-corrected chi connectivity index (χ2v) is 9.39. The van der Waals surface area contributed by atoms with Gasteiger partial charge in [0.15, 0.2) is 0 Å². The highest BCUT2D eigenvalue weighted by atomic mass is 16.2. The number of hydrogen-bond donors (Lipinski definition) is 3. The van der Waals surface area contributed by atoms with Crippen LogP contribution in [-0.2, 0) is 22.7 Å². The molecule has 1 aliphatic carbocycles. The average molecular weight is 411 g/mol. The van der Waals surface area contributed by atoms with E-state index in [0.29, 0.717) is 30.0 Å². The van der Waals surface area contributed by atoms with Crippen molar-refractivity contribution in [2.24, 2.45) is 5.92 Å². The SMILES string of the molecule is O=C1CCC(N2Cc3c(CNCC4CCNC5(CCC5)C4)cccc3C2=O)C(=O)N1. The van der Waals surface area contributed by atoms with Gasteiger partial charge in [0.2, 0.25) is 11.8 Å². The van der Waals surface area contributed by atoms with E-state index in [9.17, 15) is 14.4 Å². The summed E-state index contributed by atoms with van der Waals surface area (Å²) in [5.74, 6) is -0.0219. The number of imide groups is 1. The second kappa shape index (κ2) is 7.78. The van der Waals surface area contributed by atoms with Crippen molar-refractivity contribution in [1.82, 2.24) is 20.9 Å². The predicted octanol–water partition coefficient (Wildman–Crippen LogP) is 1.46. The summed E-state index contributed by atoms with van der Waals surface area (Å²) in [5.41, 5.74) is 3.24. The van der Waals surface area contributed by atoms with Gasteiger partial charge in [0.05, 0.1) is 0 Å². The Morgan fingerprint density at radius 2 is 2.03 bits per heavy atom. The summed E-state index contributed by atoms with van der Waals surface area (Å²) >= 11 is 0. The quantitative estimate of drug-likeness (QED) is 0.640. The van der Waals surface area contributed by atoms with Crippen LogP contribution in [0.15, 0.2) is 18.2 Å². The van der Waals surface area contributed by atoms with Gasteiger partial charge in [-0.3, -0.25) is 19.7 Å². The van der Waals surface area contributed by atoms with E-state index in [2.05, 4.69) is 22.0 Å². The predicted molar refractivity (Wildman–Crippen MR) is 112 cm³/mol. The Kier molecular flexibility index (Phi) is 5.11. The molecule has 3 aliphatic heterocycles. The molecule has 2 atom stereocenters. The van der Waals surface area contributed by atoms with Crippen LogP contribution in [0.4, 0.5) is 0 Å². The summed E-state index contributed by atoms with van der Waals surface area (Å²) in [6.45, 7) is 3.28. The molecule has 7 heteroatoms. The van der Waals surface area contributed by atoms with E-state index in [1.165, 1.54) is 32.1 Å². The highest BCUT2D eigenvalue weighted by Gasteiger charge is 2.41.